The van der Waals surface area contributed by atoms with Gasteiger partial charge in [0.25, 0.3) is 0 Å². The quantitative estimate of drug-likeness (QED) is 0.298. The second kappa shape index (κ2) is 10.3. The second-order valence-corrected chi connectivity index (χ2v) is 7.49. The van der Waals surface area contributed by atoms with Crippen LogP contribution in [0.3, 0.4) is 0 Å². The van der Waals surface area contributed by atoms with Gasteiger partial charge in [0.1, 0.15) is 12.1 Å². The van der Waals surface area contributed by atoms with Gasteiger partial charge in [-0.1, -0.05) is 46.3 Å². The molecule has 158 valence electrons. The minimum Gasteiger partial charge on any atom is -0.493 e. The summed E-state index contributed by atoms with van der Waals surface area (Å²) in [6, 6.07) is 20.0. The Morgan fingerprint density at radius 3 is 2.26 bits per heavy atom. The number of fused-ring (bicyclic) bond motifs is 1. The Kier molecular flexibility index (Phi) is 7.50. The van der Waals surface area contributed by atoms with Gasteiger partial charge in [-0.25, -0.2) is 9.97 Å². The number of aromatic nitrogens is 2. The molecule has 4 rings (SSSR count). The van der Waals surface area contributed by atoms with Gasteiger partial charge in [0, 0.05) is 15.5 Å². The first-order chi connectivity index (χ1) is 14.7. The van der Waals surface area contributed by atoms with E-state index in [1.54, 1.807) is 20.5 Å². The maximum atomic E-state index is 5.36. The molecule has 5 nitrogen and oxygen atoms in total. The molecule has 1 N–H and O–H groups in total. The van der Waals surface area contributed by atoms with Gasteiger partial charge >= 0.3 is 0 Å². The molecule has 0 unspecified atom stereocenters. The number of halogens is 2. The SMILES string of the molecule is COc1ccc(/C=C/c2ccc(Nc3ncnc4ccc(Br)cc34)cc2)cc1OC.Cl. The van der Waals surface area contributed by atoms with Crippen LogP contribution in [-0.2, 0) is 0 Å². The van der Waals surface area contributed by atoms with Crippen LogP contribution in [0.5, 0.6) is 11.5 Å². The van der Waals surface area contributed by atoms with E-state index in [0.717, 1.165) is 38.0 Å². The lowest BCUT2D eigenvalue weighted by Crippen LogP contribution is -1.96. The molecule has 3 aromatic carbocycles. The van der Waals surface area contributed by atoms with Crippen LogP contribution in [0.15, 0.2) is 71.5 Å². The van der Waals surface area contributed by atoms with E-state index in [-0.39, 0.29) is 12.4 Å². The molecule has 0 amide bonds. The van der Waals surface area contributed by atoms with E-state index in [1.165, 1.54) is 0 Å². The Balaban J connectivity index is 0.00000272. The largest absolute Gasteiger partial charge is 0.493 e. The molecular weight excluding hydrogens is 478 g/mol. The summed E-state index contributed by atoms with van der Waals surface area (Å²) in [5.74, 6) is 2.20. The number of hydrogen-bond donors (Lipinski definition) is 1. The summed E-state index contributed by atoms with van der Waals surface area (Å²) in [6.07, 6.45) is 5.67. The summed E-state index contributed by atoms with van der Waals surface area (Å²) in [5.41, 5.74) is 3.97. The summed E-state index contributed by atoms with van der Waals surface area (Å²) < 4.78 is 11.6. The lowest BCUT2D eigenvalue weighted by Gasteiger charge is -2.09. The van der Waals surface area contributed by atoms with Crippen molar-refractivity contribution in [1.29, 1.82) is 0 Å². The van der Waals surface area contributed by atoms with Crippen molar-refractivity contribution < 1.29 is 9.47 Å². The van der Waals surface area contributed by atoms with Crippen molar-refractivity contribution in [1.82, 2.24) is 9.97 Å². The van der Waals surface area contributed by atoms with Gasteiger partial charge in [-0.15, -0.1) is 12.4 Å². The van der Waals surface area contributed by atoms with Crippen LogP contribution < -0.4 is 14.8 Å². The van der Waals surface area contributed by atoms with Gasteiger partial charge in [0.2, 0.25) is 0 Å². The molecule has 7 heteroatoms. The number of nitrogens with one attached hydrogen (secondary N) is 1. The average molecular weight is 499 g/mol. The Hall–Kier alpha value is -3.09. The summed E-state index contributed by atoms with van der Waals surface area (Å²) in [4.78, 5) is 8.71. The summed E-state index contributed by atoms with van der Waals surface area (Å²) in [6.45, 7) is 0. The van der Waals surface area contributed by atoms with E-state index in [1.807, 2.05) is 54.6 Å². The molecule has 0 fully saturated rings. The highest BCUT2D eigenvalue weighted by atomic mass is 79.9. The van der Waals surface area contributed by atoms with Crippen LogP contribution >= 0.6 is 28.3 Å². The topological polar surface area (TPSA) is 56.3 Å². The zero-order chi connectivity index (χ0) is 20.9. The second-order valence-electron chi connectivity index (χ2n) is 6.58. The monoisotopic (exact) mass is 497 g/mol. The maximum Gasteiger partial charge on any atom is 0.161 e. The first-order valence-corrected chi connectivity index (χ1v) is 10.1. The van der Waals surface area contributed by atoms with E-state index < -0.39 is 0 Å². The fourth-order valence-corrected chi connectivity index (χ4v) is 3.45. The number of ether oxygens (including phenoxy) is 2. The van der Waals surface area contributed by atoms with Crippen molar-refractivity contribution >= 4 is 62.9 Å². The van der Waals surface area contributed by atoms with Crippen LogP contribution in [0.25, 0.3) is 23.1 Å². The predicted octanol–water partition coefficient (Wildman–Crippen LogP) is 6.75. The van der Waals surface area contributed by atoms with Gasteiger partial charge in [0.15, 0.2) is 11.5 Å². The van der Waals surface area contributed by atoms with Crippen LogP contribution in [0, 0.1) is 0 Å². The molecule has 0 saturated carbocycles. The van der Waals surface area contributed by atoms with Crippen LogP contribution in [0.4, 0.5) is 11.5 Å². The smallest absolute Gasteiger partial charge is 0.161 e. The third-order valence-electron chi connectivity index (χ3n) is 4.65. The third-order valence-corrected chi connectivity index (χ3v) is 5.14. The van der Waals surface area contributed by atoms with Crippen LogP contribution in [-0.4, -0.2) is 24.2 Å². The number of nitrogens with zero attached hydrogens (tertiary/aromatic N) is 2. The van der Waals surface area contributed by atoms with Crippen molar-refractivity contribution in [3.8, 4) is 11.5 Å². The van der Waals surface area contributed by atoms with Crippen molar-refractivity contribution in [3.05, 3.63) is 82.6 Å². The van der Waals surface area contributed by atoms with Gasteiger partial charge in [-0.2, -0.15) is 0 Å². The lowest BCUT2D eigenvalue weighted by atomic mass is 10.1. The standard InChI is InChI=1S/C24H20BrN3O2.ClH/c1-29-22-12-7-17(13-23(22)30-2)4-3-16-5-9-19(10-6-16)28-24-20-14-18(25)8-11-21(20)26-15-27-24;/h3-15H,1-2H3,(H,26,27,28);1H/b4-3+;. The molecule has 0 radical (unpaired) electrons. The molecule has 0 bridgehead atoms. The highest BCUT2D eigenvalue weighted by Gasteiger charge is 2.05. The molecule has 1 heterocycles. The first-order valence-electron chi connectivity index (χ1n) is 9.34. The first kappa shape index (κ1) is 22.6. The third kappa shape index (κ3) is 5.34. The number of anilines is 2. The van der Waals surface area contributed by atoms with Crippen LogP contribution in [0.1, 0.15) is 11.1 Å². The lowest BCUT2D eigenvalue weighted by molar-refractivity contribution is 0.355. The number of hydrogen-bond acceptors (Lipinski definition) is 5. The predicted molar refractivity (Wildman–Crippen MR) is 133 cm³/mol. The Morgan fingerprint density at radius 2 is 1.52 bits per heavy atom. The van der Waals surface area contributed by atoms with E-state index in [9.17, 15) is 0 Å². The zero-order valence-corrected chi connectivity index (χ0v) is 19.4. The Morgan fingerprint density at radius 1 is 0.806 bits per heavy atom. The number of rotatable bonds is 6. The molecule has 0 aliphatic carbocycles. The molecule has 0 spiro atoms. The van der Waals surface area contributed by atoms with Crippen molar-refractivity contribution in [2.24, 2.45) is 0 Å². The zero-order valence-electron chi connectivity index (χ0n) is 17.0. The molecule has 31 heavy (non-hydrogen) atoms. The van der Waals surface area contributed by atoms with Gasteiger partial charge in [0.05, 0.1) is 19.7 Å². The van der Waals surface area contributed by atoms with Crippen molar-refractivity contribution in [3.63, 3.8) is 0 Å². The average Bonchev–Trinajstić information content (AvgIpc) is 2.78. The Labute approximate surface area is 195 Å². The number of methoxy groups -OCH3 is 2. The molecule has 4 aromatic rings. The van der Waals surface area contributed by atoms with Crippen LogP contribution in [0.2, 0.25) is 0 Å². The van der Waals surface area contributed by atoms with Gasteiger partial charge < -0.3 is 14.8 Å². The molecule has 0 aliphatic rings. The summed E-state index contributed by atoms with van der Waals surface area (Å²) in [5, 5.41) is 4.34. The van der Waals surface area contributed by atoms with Gasteiger partial charge in [-0.3, -0.25) is 0 Å². The van der Waals surface area contributed by atoms with Gasteiger partial charge in [-0.05, 0) is 53.6 Å². The fourth-order valence-electron chi connectivity index (χ4n) is 3.09. The van der Waals surface area contributed by atoms with Crippen molar-refractivity contribution in [2.75, 3.05) is 19.5 Å². The molecule has 1 aromatic heterocycles. The fraction of sp³-hybridized carbons (Fsp3) is 0.0833. The van der Waals surface area contributed by atoms with Crippen molar-refractivity contribution in [2.45, 2.75) is 0 Å². The molecular formula is C24H21BrClN3O2. The van der Waals surface area contributed by atoms with E-state index >= 15 is 0 Å². The highest BCUT2D eigenvalue weighted by molar-refractivity contribution is 9.10. The number of benzene rings is 3. The normalized spacial score (nSPS) is 10.7. The summed E-state index contributed by atoms with van der Waals surface area (Å²) >= 11 is 3.51. The molecule has 0 atom stereocenters. The van der Waals surface area contributed by atoms with E-state index in [4.69, 9.17) is 9.47 Å². The Bertz CT molecular complexity index is 1210. The molecule has 0 aliphatic heterocycles. The minimum atomic E-state index is 0. The van der Waals surface area contributed by atoms with E-state index in [2.05, 4.69) is 49.4 Å². The minimum absolute atomic E-state index is 0. The summed E-state index contributed by atoms with van der Waals surface area (Å²) in [7, 11) is 3.27. The maximum absolute atomic E-state index is 5.36. The molecule has 0 saturated heterocycles. The highest BCUT2D eigenvalue weighted by Crippen LogP contribution is 2.29. The van der Waals surface area contributed by atoms with E-state index in [0.29, 0.717) is 11.5 Å².